The third-order valence-corrected chi connectivity index (χ3v) is 3.93. The molecule has 0 atom stereocenters. The molecule has 2 aromatic heterocycles. The van der Waals surface area contributed by atoms with Crippen LogP contribution in [-0.2, 0) is 13.0 Å². The number of aromatic nitrogens is 4. The van der Waals surface area contributed by atoms with Crippen molar-refractivity contribution in [1.82, 2.24) is 20.0 Å². The lowest BCUT2D eigenvalue weighted by atomic mass is 10.0. The molecular weight excluding hydrogens is 274 g/mol. The molecule has 1 N–H and O–H groups in total. The van der Waals surface area contributed by atoms with Gasteiger partial charge >= 0.3 is 0 Å². The van der Waals surface area contributed by atoms with Gasteiger partial charge in [0.05, 0.1) is 18.2 Å². The molecule has 0 radical (unpaired) electrons. The van der Waals surface area contributed by atoms with Crippen LogP contribution in [0.1, 0.15) is 29.6 Å². The molecule has 110 valence electrons. The van der Waals surface area contributed by atoms with Gasteiger partial charge in [0, 0.05) is 23.1 Å². The summed E-state index contributed by atoms with van der Waals surface area (Å²) < 4.78 is 2.27. The first-order chi connectivity index (χ1) is 10.7. The molecule has 3 rings (SSSR count). The zero-order valence-corrected chi connectivity index (χ0v) is 12.7. The lowest BCUT2D eigenvalue weighted by molar-refractivity contribution is 0.708. The largest absolute Gasteiger partial charge is 0.342 e. The van der Waals surface area contributed by atoms with Crippen molar-refractivity contribution in [1.29, 1.82) is 5.26 Å². The van der Waals surface area contributed by atoms with E-state index in [1.165, 1.54) is 17.0 Å². The van der Waals surface area contributed by atoms with Gasteiger partial charge in [-0.1, -0.05) is 24.3 Å². The highest BCUT2D eigenvalue weighted by molar-refractivity contribution is 5.68. The number of hydrogen-bond acceptors (Lipinski definition) is 3. The zero-order chi connectivity index (χ0) is 15.5. The second-order valence-electron chi connectivity index (χ2n) is 5.23. The zero-order valence-electron chi connectivity index (χ0n) is 12.7. The Hall–Kier alpha value is -2.87. The minimum absolute atomic E-state index is 0.680. The summed E-state index contributed by atoms with van der Waals surface area (Å²) in [4.78, 5) is 0. The summed E-state index contributed by atoms with van der Waals surface area (Å²) in [5, 5.41) is 19.5. The van der Waals surface area contributed by atoms with Crippen molar-refractivity contribution in [3.05, 3.63) is 59.2 Å². The number of H-pyrrole nitrogens is 1. The van der Waals surface area contributed by atoms with Crippen LogP contribution < -0.4 is 0 Å². The van der Waals surface area contributed by atoms with Gasteiger partial charge in [-0.25, -0.2) is 0 Å². The molecule has 0 saturated carbocycles. The monoisotopic (exact) mass is 291 g/mol. The molecule has 0 spiro atoms. The van der Waals surface area contributed by atoms with Crippen LogP contribution in [0.5, 0.6) is 0 Å². The topological polar surface area (TPSA) is 70.3 Å². The number of benzene rings is 1. The first-order valence-corrected chi connectivity index (χ1v) is 7.27. The van der Waals surface area contributed by atoms with Crippen molar-refractivity contribution in [2.75, 3.05) is 0 Å². The maximum absolute atomic E-state index is 8.91. The molecule has 2 heterocycles. The smallest absolute Gasteiger partial charge is 0.102 e. The van der Waals surface area contributed by atoms with Crippen LogP contribution in [0.4, 0.5) is 0 Å². The van der Waals surface area contributed by atoms with E-state index in [1.54, 1.807) is 0 Å². The second-order valence-corrected chi connectivity index (χ2v) is 5.23. The molecule has 5 nitrogen and oxygen atoms in total. The molecule has 0 bridgehead atoms. The SMILES string of the molecule is CCc1cc(-c2ccc(C#N)cc2)c(C)n1Cc1c[nH]nn1. The third kappa shape index (κ3) is 2.51. The van der Waals surface area contributed by atoms with Gasteiger partial charge in [0.1, 0.15) is 5.69 Å². The Morgan fingerprint density at radius 3 is 2.64 bits per heavy atom. The van der Waals surface area contributed by atoms with Crippen LogP contribution in [0, 0.1) is 18.3 Å². The third-order valence-electron chi connectivity index (χ3n) is 3.93. The van der Waals surface area contributed by atoms with Gasteiger partial charge in [0.15, 0.2) is 0 Å². The van der Waals surface area contributed by atoms with Crippen molar-refractivity contribution in [2.45, 2.75) is 26.8 Å². The molecular formula is C17H17N5. The number of hydrogen-bond donors (Lipinski definition) is 1. The second kappa shape index (κ2) is 5.86. The molecule has 0 aliphatic rings. The van der Waals surface area contributed by atoms with Crippen molar-refractivity contribution in [2.24, 2.45) is 0 Å². The number of nitrogens with zero attached hydrogens (tertiary/aromatic N) is 4. The van der Waals surface area contributed by atoms with Crippen LogP contribution in [0.3, 0.4) is 0 Å². The minimum atomic E-state index is 0.680. The summed E-state index contributed by atoms with van der Waals surface area (Å²) in [6.07, 6.45) is 2.77. The predicted molar refractivity (Wildman–Crippen MR) is 84.2 cm³/mol. The molecule has 0 amide bonds. The van der Waals surface area contributed by atoms with E-state index in [-0.39, 0.29) is 0 Å². The molecule has 0 saturated heterocycles. The normalized spacial score (nSPS) is 10.6. The van der Waals surface area contributed by atoms with E-state index in [4.69, 9.17) is 5.26 Å². The van der Waals surface area contributed by atoms with Gasteiger partial charge in [-0.2, -0.15) is 5.26 Å². The highest BCUT2D eigenvalue weighted by Gasteiger charge is 2.13. The first-order valence-electron chi connectivity index (χ1n) is 7.27. The molecule has 5 heteroatoms. The predicted octanol–water partition coefficient (Wildman–Crippen LogP) is 3.06. The van der Waals surface area contributed by atoms with Crippen LogP contribution in [0.2, 0.25) is 0 Å². The fraction of sp³-hybridized carbons (Fsp3) is 0.235. The maximum atomic E-state index is 8.91. The fourth-order valence-corrected chi connectivity index (χ4v) is 2.70. The number of nitriles is 1. The average Bonchev–Trinajstić information content (AvgIpc) is 3.17. The lowest BCUT2D eigenvalue weighted by Gasteiger charge is -2.09. The van der Waals surface area contributed by atoms with E-state index in [1.807, 2.05) is 30.5 Å². The fourth-order valence-electron chi connectivity index (χ4n) is 2.70. The van der Waals surface area contributed by atoms with Gasteiger partial charge in [0.2, 0.25) is 0 Å². The number of aromatic amines is 1. The first kappa shape index (κ1) is 14.1. The molecule has 0 aliphatic heterocycles. The molecule has 0 unspecified atom stereocenters. The average molecular weight is 291 g/mol. The summed E-state index contributed by atoms with van der Waals surface area (Å²) in [6.45, 7) is 4.98. The van der Waals surface area contributed by atoms with Crippen LogP contribution in [0.15, 0.2) is 36.5 Å². The highest BCUT2D eigenvalue weighted by Crippen LogP contribution is 2.28. The van der Waals surface area contributed by atoms with Gasteiger partial charge in [-0.15, -0.1) is 5.10 Å². The number of nitrogens with one attached hydrogen (secondary N) is 1. The van der Waals surface area contributed by atoms with Gasteiger partial charge in [-0.3, -0.25) is 5.10 Å². The van der Waals surface area contributed by atoms with E-state index < -0.39 is 0 Å². The summed E-state index contributed by atoms with van der Waals surface area (Å²) in [5.74, 6) is 0. The van der Waals surface area contributed by atoms with E-state index in [0.717, 1.165) is 17.7 Å². The Bertz CT molecular complexity index is 804. The molecule has 0 aliphatic carbocycles. The summed E-state index contributed by atoms with van der Waals surface area (Å²) in [6, 6.07) is 12.1. The van der Waals surface area contributed by atoms with Crippen LogP contribution >= 0.6 is 0 Å². The van der Waals surface area contributed by atoms with E-state index in [9.17, 15) is 0 Å². The van der Waals surface area contributed by atoms with E-state index in [2.05, 4.69) is 46.0 Å². The number of rotatable bonds is 4. The summed E-state index contributed by atoms with van der Waals surface area (Å²) >= 11 is 0. The molecule has 3 aromatic rings. The quantitative estimate of drug-likeness (QED) is 0.803. The molecule has 22 heavy (non-hydrogen) atoms. The summed E-state index contributed by atoms with van der Waals surface area (Å²) in [5.41, 5.74) is 6.39. The van der Waals surface area contributed by atoms with Crippen molar-refractivity contribution < 1.29 is 0 Å². The van der Waals surface area contributed by atoms with E-state index >= 15 is 0 Å². The Morgan fingerprint density at radius 2 is 2.05 bits per heavy atom. The maximum Gasteiger partial charge on any atom is 0.102 e. The lowest BCUT2D eigenvalue weighted by Crippen LogP contribution is -2.06. The molecule has 0 fully saturated rings. The summed E-state index contributed by atoms with van der Waals surface area (Å²) in [7, 11) is 0. The van der Waals surface area contributed by atoms with E-state index in [0.29, 0.717) is 12.1 Å². The Morgan fingerprint density at radius 1 is 1.27 bits per heavy atom. The Balaban J connectivity index is 2.02. The van der Waals surface area contributed by atoms with Gasteiger partial charge < -0.3 is 4.57 Å². The van der Waals surface area contributed by atoms with Crippen molar-refractivity contribution in [3.63, 3.8) is 0 Å². The van der Waals surface area contributed by atoms with Crippen molar-refractivity contribution >= 4 is 0 Å². The minimum Gasteiger partial charge on any atom is -0.342 e. The molecule has 1 aromatic carbocycles. The van der Waals surface area contributed by atoms with Gasteiger partial charge in [0.25, 0.3) is 0 Å². The Labute approximate surface area is 129 Å². The highest BCUT2D eigenvalue weighted by atomic mass is 15.3. The standard InChI is InChI=1S/C17H17N5/c1-3-16-8-17(14-6-4-13(9-18)5-7-14)12(2)22(16)11-15-10-19-21-20-15/h4-8,10H,3,11H2,1-2H3,(H,19,20,21). The number of aryl methyl sites for hydroxylation is 1. The van der Waals surface area contributed by atoms with Crippen molar-refractivity contribution in [3.8, 4) is 17.2 Å². The van der Waals surface area contributed by atoms with Crippen LogP contribution in [0.25, 0.3) is 11.1 Å². The van der Waals surface area contributed by atoms with Crippen LogP contribution in [-0.4, -0.2) is 20.0 Å². The Kier molecular flexibility index (Phi) is 3.75. The van der Waals surface area contributed by atoms with Gasteiger partial charge in [-0.05, 0) is 37.1 Å².